The zero-order valence-electron chi connectivity index (χ0n) is 10.3. The minimum Gasteiger partial charge on any atom is -0.465 e. The smallest absolute Gasteiger partial charge is 0.320 e. The van der Waals surface area contributed by atoms with Crippen LogP contribution in [0, 0.1) is 11.8 Å². The summed E-state index contributed by atoms with van der Waals surface area (Å²) in [4.78, 5) is 13.0. The maximum absolute atomic E-state index is 11.2. The first-order valence-electron chi connectivity index (χ1n) is 5.60. The van der Waals surface area contributed by atoms with Crippen molar-refractivity contribution in [3.05, 3.63) is 35.9 Å². The third-order valence-electron chi connectivity index (χ3n) is 2.06. The van der Waals surface area contributed by atoms with Gasteiger partial charge in [0.25, 0.3) is 0 Å². The maximum atomic E-state index is 11.2. The van der Waals surface area contributed by atoms with Crippen molar-refractivity contribution >= 4 is 5.97 Å². The Morgan fingerprint density at radius 3 is 2.71 bits per heavy atom. The van der Waals surface area contributed by atoms with Crippen LogP contribution in [0.3, 0.4) is 0 Å². The fraction of sp³-hybridized carbons (Fsp3) is 0.357. The van der Waals surface area contributed by atoms with Gasteiger partial charge in [-0.25, -0.2) is 0 Å². The van der Waals surface area contributed by atoms with Crippen LogP contribution in [0.15, 0.2) is 30.3 Å². The standard InChI is InChI=1S/C14H17NO2/c1-3-17-14(16)12-15(2)11-7-10-13-8-5-4-6-9-13/h4-6,8-9H,3,11-12H2,1-2H3. The lowest BCUT2D eigenvalue weighted by Gasteiger charge is -2.11. The summed E-state index contributed by atoms with van der Waals surface area (Å²) >= 11 is 0. The summed E-state index contributed by atoms with van der Waals surface area (Å²) in [5.41, 5.74) is 0.983. The van der Waals surface area contributed by atoms with Gasteiger partial charge in [-0.05, 0) is 26.1 Å². The molecular weight excluding hydrogens is 214 g/mol. The van der Waals surface area contributed by atoms with E-state index in [-0.39, 0.29) is 12.5 Å². The predicted molar refractivity (Wildman–Crippen MR) is 67.5 cm³/mol. The van der Waals surface area contributed by atoms with E-state index in [0.29, 0.717) is 13.2 Å². The maximum Gasteiger partial charge on any atom is 0.320 e. The number of carbonyl (C=O) groups excluding carboxylic acids is 1. The Morgan fingerprint density at radius 1 is 1.35 bits per heavy atom. The van der Waals surface area contributed by atoms with Crippen molar-refractivity contribution in [1.29, 1.82) is 0 Å². The second-order valence-corrected chi connectivity index (χ2v) is 3.65. The van der Waals surface area contributed by atoms with Crippen molar-refractivity contribution in [3.8, 4) is 11.8 Å². The zero-order chi connectivity index (χ0) is 12.5. The van der Waals surface area contributed by atoms with E-state index in [1.807, 2.05) is 42.3 Å². The Hall–Kier alpha value is -1.79. The summed E-state index contributed by atoms with van der Waals surface area (Å²) in [6, 6.07) is 9.77. The molecule has 1 aromatic carbocycles. The van der Waals surface area contributed by atoms with Crippen molar-refractivity contribution in [2.45, 2.75) is 6.92 Å². The number of carbonyl (C=O) groups is 1. The molecule has 0 aliphatic rings. The number of ether oxygens (including phenoxy) is 1. The summed E-state index contributed by atoms with van der Waals surface area (Å²) in [7, 11) is 1.84. The highest BCUT2D eigenvalue weighted by molar-refractivity contribution is 5.71. The molecule has 0 spiro atoms. The van der Waals surface area contributed by atoms with Gasteiger partial charge < -0.3 is 4.74 Å². The van der Waals surface area contributed by atoms with Crippen LogP contribution < -0.4 is 0 Å². The highest BCUT2D eigenvalue weighted by atomic mass is 16.5. The lowest BCUT2D eigenvalue weighted by Crippen LogP contribution is -2.27. The van der Waals surface area contributed by atoms with E-state index < -0.39 is 0 Å². The van der Waals surface area contributed by atoms with Crippen molar-refractivity contribution < 1.29 is 9.53 Å². The molecule has 0 N–H and O–H groups in total. The van der Waals surface area contributed by atoms with Crippen LogP contribution in [0.2, 0.25) is 0 Å². The minimum absolute atomic E-state index is 0.212. The van der Waals surface area contributed by atoms with Crippen LogP contribution in [0.1, 0.15) is 12.5 Å². The van der Waals surface area contributed by atoms with E-state index in [4.69, 9.17) is 4.74 Å². The van der Waals surface area contributed by atoms with Crippen LogP contribution >= 0.6 is 0 Å². The Balaban J connectivity index is 2.36. The molecule has 0 aliphatic carbocycles. The van der Waals surface area contributed by atoms with Gasteiger partial charge in [-0.2, -0.15) is 0 Å². The first-order chi connectivity index (χ1) is 8.22. The summed E-state index contributed by atoms with van der Waals surface area (Å²) in [5.74, 6) is 5.84. The first-order valence-corrected chi connectivity index (χ1v) is 5.60. The monoisotopic (exact) mass is 231 g/mol. The topological polar surface area (TPSA) is 29.5 Å². The quantitative estimate of drug-likeness (QED) is 0.581. The number of nitrogens with zero attached hydrogens (tertiary/aromatic N) is 1. The normalized spacial score (nSPS) is 9.59. The van der Waals surface area contributed by atoms with Crippen molar-refractivity contribution in [3.63, 3.8) is 0 Å². The molecule has 0 atom stereocenters. The number of benzene rings is 1. The van der Waals surface area contributed by atoms with Gasteiger partial charge in [-0.15, -0.1) is 0 Å². The SMILES string of the molecule is CCOC(=O)CN(C)CC#Cc1ccccc1. The lowest BCUT2D eigenvalue weighted by atomic mass is 10.2. The number of hydrogen-bond donors (Lipinski definition) is 0. The van der Waals surface area contributed by atoms with Gasteiger partial charge in [-0.3, -0.25) is 9.69 Å². The van der Waals surface area contributed by atoms with Crippen LogP contribution in [0.5, 0.6) is 0 Å². The second kappa shape index (κ2) is 7.48. The van der Waals surface area contributed by atoms with Gasteiger partial charge in [0.2, 0.25) is 0 Å². The van der Waals surface area contributed by atoms with Gasteiger partial charge in [-0.1, -0.05) is 30.0 Å². The molecule has 0 saturated heterocycles. The van der Waals surface area contributed by atoms with Crippen LogP contribution in [0.4, 0.5) is 0 Å². The van der Waals surface area contributed by atoms with Gasteiger partial charge in [0, 0.05) is 5.56 Å². The molecule has 90 valence electrons. The molecule has 0 aliphatic heterocycles. The molecule has 3 heteroatoms. The molecule has 0 saturated carbocycles. The third-order valence-corrected chi connectivity index (χ3v) is 2.06. The predicted octanol–water partition coefficient (Wildman–Crippen LogP) is 1.53. The molecule has 0 amide bonds. The largest absolute Gasteiger partial charge is 0.465 e. The summed E-state index contributed by atoms with van der Waals surface area (Å²) in [6.45, 7) is 3.04. The number of hydrogen-bond acceptors (Lipinski definition) is 3. The minimum atomic E-state index is -0.212. The lowest BCUT2D eigenvalue weighted by molar-refractivity contribution is -0.143. The molecule has 1 rings (SSSR count). The highest BCUT2D eigenvalue weighted by Crippen LogP contribution is 1.94. The summed E-state index contributed by atoms with van der Waals surface area (Å²) < 4.78 is 4.85. The number of likely N-dealkylation sites (N-methyl/N-ethyl adjacent to an activating group) is 1. The Labute approximate surface area is 102 Å². The zero-order valence-corrected chi connectivity index (χ0v) is 10.3. The molecule has 0 heterocycles. The van der Waals surface area contributed by atoms with E-state index in [1.165, 1.54) is 0 Å². The average molecular weight is 231 g/mol. The van der Waals surface area contributed by atoms with Crippen LogP contribution in [-0.2, 0) is 9.53 Å². The molecule has 0 bridgehead atoms. The average Bonchev–Trinajstić information content (AvgIpc) is 2.30. The van der Waals surface area contributed by atoms with E-state index >= 15 is 0 Å². The molecule has 0 aromatic heterocycles. The van der Waals surface area contributed by atoms with E-state index in [0.717, 1.165) is 5.56 Å². The molecule has 1 aromatic rings. The Kier molecular flexibility index (Phi) is 5.84. The molecule has 17 heavy (non-hydrogen) atoms. The third kappa shape index (κ3) is 5.74. The molecule has 3 nitrogen and oxygen atoms in total. The van der Waals surface area contributed by atoms with E-state index in [9.17, 15) is 4.79 Å². The Bertz CT molecular complexity index is 403. The Morgan fingerprint density at radius 2 is 2.06 bits per heavy atom. The van der Waals surface area contributed by atoms with Gasteiger partial charge >= 0.3 is 5.97 Å². The van der Waals surface area contributed by atoms with Gasteiger partial charge in [0.1, 0.15) is 0 Å². The van der Waals surface area contributed by atoms with Crippen molar-refractivity contribution in [2.24, 2.45) is 0 Å². The molecule has 0 fully saturated rings. The summed E-state index contributed by atoms with van der Waals surface area (Å²) in [5, 5.41) is 0. The van der Waals surface area contributed by atoms with E-state index in [1.54, 1.807) is 6.92 Å². The van der Waals surface area contributed by atoms with Gasteiger partial charge in [0.15, 0.2) is 0 Å². The first kappa shape index (κ1) is 13.3. The fourth-order valence-corrected chi connectivity index (χ4v) is 1.28. The molecule has 0 unspecified atom stereocenters. The highest BCUT2D eigenvalue weighted by Gasteiger charge is 2.04. The van der Waals surface area contributed by atoms with Crippen LogP contribution in [-0.4, -0.2) is 37.6 Å². The van der Waals surface area contributed by atoms with Gasteiger partial charge in [0.05, 0.1) is 19.7 Å². The molecule has 0 radical (unpaired) electrons. The van der Waals surface area contributed by atoms with Crippen molar-refractivity contribution in [1.82, 2.24) is 4.90 Å². The molecular formula is C14H17NO2. The fourth-order valence-electron chi connectivity index (χ4n) is 1.28. The van der Waals surface area contributed by atoms with E-state index in [2.05, 4.69) is 11.8 Å². The second-order valence-electron chi connectivity index (χ2n) is 3.65. The van der Waals surface area contributed by atoms with Crippen molar-refractivity contribution in [2.75, 3.05) is 26.7 Å². The van der Waals surface area contributed by atoms with Crippen LogP contribution in [0.25, 0.3) is 0 Å². The number of esters is 1. The summed E-state index contributed by atoms with van der Waals surface area (Å²) in [6.07, 6.45) is 0. The number of rotatable bonds is 4.